The fourth-order valence-corrected chi connectivity index (χ4v) is 4.60. The Morgan fingerprint density at radius 1 is 1.00 bits per heavy atom. The molecule has 0 bridgehead atoms. The molecule has 1 aliphatic carbocycles. The molecular weight excluding hydrogens is 452 g/mol. The van der Waals surface area contributed by atoms with Crippen LogP contribution in [0, 0.1) is 17.6 Å². The molecule has 0 aromatic heterocycles. The lowest BCUT2D eigenvalue weighted by molar-refractivity contribution is -0.136. The molecule has 1 unspecified atom stereocenters. The number of halogens is 2. The summed E-state index contributed by atoms with van der Waals surface area (Å²) in [6, 6.07) is 11.2. The van der Waals surface area contributed by atoms with E-state index in [-0.39, 0.29) is 18.3 Å². The van der Waals surface area contributed by atoms with Crippen LogP contribution in [0.3, 0.4) is 0 Å². The number of amides is 2. The highest BCUT2D eigenvalue weighted by molar-refractivity contribution is 5.97. The van der Waals surface area contributed by atoms with Gasteiger partial charge in [0.1, 0.15) is 17.7 Å². The van der Waals surface area contributed by atoms with Crippen molar-refractivity contribution in [1.82, 2.24) is 15.1 Å². The highest BCUT2D eigenvalue weighted by atomic mass is 19.1. The van der Waals surface area contributed by atoms with Crippen LogP contribution in [-0.4, -0.2) is 74.1 Å². The van der Waals surface area contributed by atoms with Crippen molar-refractivity contribution < 1.29 is 23.1 Å². The number of carbonyl (C=O) groups excluding carboxylic acids is 2. The van der Waals surface area contributed by atoms with Crippen LogP contribution in [0.25, 0.3) is 0 Å². The molecule has 2 aromatic carbocycles. The fraction of sp³-hybridized carbons (Fsp3) is 0.481. The van der Waals surface area contributed by atoms with Crippen LogP contribution in [0.15, 0.2) is 48.5 Å². The van der Waals surface area contributed by atoms with Gasteiger partial charge in [0.15, 0.2) is 0 Å². The van der Waals surface area contributed by atoms with Crippen LogP contribution in [-0.2, 0) is 9.53 Å². The molecule has 1 N–H and O–H groups in total. The maximum absolute atomic E-state index is 13.2. The smallest absolute Gasteiger partial charge is 0.251 e. The average molecular weight is 486 g/mol. The minimum absolute atomic E-state index is 0.0875. The number of nitrogens with zero attached hydrogens (tertiary/aromatic N) is 2. The summed E-state index contributed by atoms with van der Waals surface area (Å²) in [7, 11) is 2.01. The van der Waals surface area contributed by atoms with Crippen molar-refractivity contribution in [3.05, 3.63) is 71.3 Å². The highest BCUT2D eigenvalue weighted by Crippen LogP contribution is 2.50. The summed E-state index contributed by atoms with van der Waals surface area (Å²) in [4.78, 5) is 29.8. The van der Waals surface area contributed by atoms with E-state index in [0.717, 1.165) is 32.4 Å². The Morgan fingerprint density at radius 3 is 2.29 bits per heavy atom. The van der Waals surface area contributed by atoms with Gasteiger partial charge in [-0.05, 0) is 80.1 Å². The lowest BCUT2D eigenvalue weighted by atomic mass is 10.1. The number of hydrogen-bond donors (Lipinski definition) is 1. The van der Waals surface area contributed by atoms with Gasteiger partial charge in [0.2, 0.25) is 5.91 Å². The number of carbonyl (C=O) groups is 2. The van der Waals surface area contributed by atoms with Gasteiger partial charge in [-0.15, -0.1) is 0 Å². The maximum Gasteiger partial charge on any atom is 0.251 e. The van der Waals surface area contributed by atoms with Crippen LogP contribution in [0.2, 0.25) is 0 Å². The molecule has 4 rings (SSSR count). The molecule has 1 heterocycles. The highest BCUT2D eigenvalue weighted by Gasteiger charge is 2.37. The predicted octanol–water partition coefficient (Wildman–Crippen LogP) is 3.44. The number of benzene rings is 2. The zero-order chi connectivity index (χ0) is 24.8. The number of piperazine rings is 1. The summed E-state index contributed by atoms with van der Waals surface area (Å²) < 4.78 is 32.2. The number of likely N-dealkylation sites (N-methyl/N-ethyl adjacent to an activating group) is 1. The third-order valence-electron chi connectivity index (χ3n) is 6.89. The minimum atomic E-state index is -0.802. The molecule has 8 heteroatoms. The van der Waals surface area contributed by atoms with E-state index in [1.807, 2.05) is 19.2 Å². The summed E-state index contributed by atoms with van der Waals surface area (Å²) >= 11 is 0. The SMILES string of the molecule is CN1CCN(C(=O)[C@H](COCCCC2C[C@H]2c2ccc(F)cc2)NC(=O)c2ccc(F)cc2)CC1. The Hall–Kier alpha value is -2.84. The Kier molecular flexibility index (Phi) is 8.46. The van der Waals surface area contributed by atoms with E-state index in [1.165, 1.54) is 42.0 Å². The number of hydrogen-bond acceptors (Lipinski definition) is 4. The van der Waals surface area contributed by atoms with Crippen molar-refractivity contribution in [1.29, 1.82) is 0 Å². The first-order valence-corrected chi connectivity index (χ1v) is 12.3. The van der Waals surface area contributed by atoms with Gasteiger partial charge in [0.05, 0.1) is 6.61 Å². The Labute approximate surface area is 205 Å². The minimum Gasteiger partial charge on any atom is -0.379 e. The molecule has 0 spiro atoms. The molecule has 2 aromatic rings. The molecule has 6 nitrogen and oxygen atoms in total. The summed E-state index contributed by atoms with van der Waals surface area (Å²) in [6.45, 7) is 3.34. The van der Waals surface area contributed by atoms with Crippen molar-refractivity contribution >= 4 is 11.8 Å². The van der Waals surface area contributed by atoms with Crippen LogP contribution < -0.4 is 5.32 Å². The second-order valence-corrected chi connectivity index (χ2v) is 9.53. The second-order valence-electron chi connectivity index (χ2n) is 9.53. The van der Waals surface area contributed by atoms with Gasteiger partial charge in [0, 0.05) is 38.3 Å². The summed E-state index contributed by atoms with van der Waals surface area (Å²) in [5.41, 5.74) is 1.47. The topological polar surface area (TPSA) is 61.9 Å². The maximum atomic E-state index is 13.2. The van der Waals surface area contributed by atoms with E-state index in [0.29, 0.717) is 37.1 Å². The largest absolute Gasteiger partial charge is 0.379 e. The molecule has 35 heavy (non-hydrogen) atoms. The fourth-order valence-electron chi connectivity index (χ4n) is 4.60. The monoisotopic (exact) mass is 485 g/mol. The van der Waals surface area contributed by atoms with E-state index >= 15 is 0 Å². The number of ether oxygens (including phenoxy) is 1. The van der Waals surface area contributed by atoms with Crippen molar-refractivity contribution in [2.24, 2.45) is 5.92 Å². The van der Waals surface area contributed by atoms with Gasteiger partial charge in [-0.2, -0.15) is 0 Å². The summed E-state index contributed by atoms with van der Waals surface area (Å²) in [5, 5.41) is 2.78. The summed E-state index contributed by atoms with van der Waals surface area (Å²) in [6.07, 6.45) is 2.95. The molecule has 188 valence electrons. The molecular formula is C27H33F2N3O3. The van der Waals surface area contributed by atoms with E-state index < -0.39 is 17.8 Å². The Morgan fingerprint density at radius 2 is 1.63 bits per heavy atom. The van der Waals surface area contributed by atoms with Gasteiger partial charge in [0.25, 0.3) is 5.91 Å². The molecule has 3 atom stereocenters. The van der Waals surface area contributed by atoms with Crippen LogP contribution in [0.4, 0.5) is 8.78 Å². The Balaban J connectivity index is 1.26. The van der Waals surface area contributed by atoms with Gasteiger partial charge in [-0.3, -0.25) is 9.59 Å². The first kappa shape index (κ1) is 25.3. The predicted molar refractivity (Wildman–Crippen MR) is 129 cm³/mol. The molecule has 0 radical (unpaired) electrons. The van der Waals surface area contributed by atoms with Gasteiger partial charge < -0.3 is 19.9 Å². The molecule has 2 fully saturated rings. The number of nitrogens with one attached hydrogen (secondary N) is 1. The lowest BCUT2D eigenvalue weighted by Gasteiger charge is -2.34. The van der Waals surface area contributed by atoms with Crippen molar-refractivity contribution in [2.75, 3.05) is 46.4 Å². The van der Waals surface area contributed by atoms with Crippen LogP contribution in [0.5, 0.6) is 0 Å². The first-order chi connectivity index (χ1) is 16.9. The second kappa shape index (κ2) is 11.7. The van der Waals surface area contributed by atoms with E-state index in [2.05, 4.69) is 10.2 Å². The zero-order valence-electron chi connectivity index (χ0n) is 20.1. The lowest BCUT2D eigenvalue weighted by Crippen LogP contribution is -2.55. The van der Waals surface area contributed by atoms with E-state index in [1.54, 1.807) is 4.90 Å². The molecule has 1 saturated carbocycles. The number of rotatable bonds is 10. The van der Waals surface area contributed by atoms with E-state index in [9.17, 15) is 18.4 Å². The van der Waals surface area contributed by atoms with Gasteiger partial charge >= 0.3 is 0 Å². The third kappa shape index (κ3) is 7.08. The molecule has 1 saturated heterocycles. The van der Waals surface area contributed by atoms with Crippen molar-refractivity contribution in [2.45, 2.75) is 31.2 Å². The normalized spacial score (nSPS) is 20.9. The third-order valence-corrected chi connectivity index (χ3v) is 6.89. The van der Waals surface area contributed by atoms with Crippen molar-refractivity contribution in [3.63, 3.8) is 0 Å². The van der Waals surface area contributed by atoms with Crippen LogP contribution >= 0.6 is 0 Å². The molecule has 2 aliphatic rings. The zero-order valence-corrected chi connectivity index (χ0v) is 20.1. The quantitative estimate of drug-likeness (QED) is 0.524. The van der Waals surface area contributed by atoms with Gasteiger partial charge in [-0.25, -0.2) is 8.78 Å². The first-order valence-electron chi connectivity index (χ1n) is 12.3. The molecule has 1 aliphatic heterocycles. The van der Waals surface area contributed by atoms with Crippen LogP contribution in [0.1, 0.15) is 41.1 Å². The van der Waals surface area contributed by atoms with Gasteiger partial charge in [-0.1, -0.05) is 12.1 Å². The average Bonchev–Trinajstić information content (AvgIpc) is 3.63. The molecule has 2 amide bonds. The van der Waals surface area contributed by atoms with E-state index in [4.69, 9.17) is 4.74 Å². The Bertz CT molecular complexity index is 992. The van der Waals surface area contributed by atoms with Crippen molar-refractivity contribution in [3.8, 4) is 0 Å². The standard InChI is InChI=1S/C27H33F2N3O3/c1-31-12-14-32(15-13-31)27(34)25(30-26(33)20-6-10-23(29)11-7-20)18-35-16-2-3-21-17-24(21)19-4-8-22(28)9-5-19/h4-11,21,24-25H,2-3,12-18H2,1H3,(H,30,33)/t21?,24-,25-/m0/s1. The summed E-state index contributed by atoms with van der Waals surface area (Å²) in [5.74, 6) is -0.172.